The number of nitrogens with one attached hydrogen (secondary N) is 3. The maximum Gasteiger partial charge on any atom is 0.343 e. The fourth-order valence-corrected chi connectivity index (χ4v) is 4.29. The quantitative estimate of drug-likeness (QED) is 0.586. The predicted molar refractivity (Wildman–Crippen MR) is 118 cm³/mol. The first kappa shape index (κ1) is 23.7. The molecular formula is C22H27FN4O4S. The van der Waals surface area contributed by atoms with E-state index in [0.29, 0.717) is 31.6 Å². The number of hydrogen-bond donors (Lipinski definition) is 3. The zero-order valence-electron chi connectivity index (χ0n) is 17.6. The number of benzene rings is 2. The van der Waals surface area contributed by atoms with Crippen LogP contribution in [0.2, 0.25) is 0 Å². The number of rotatable bonds is 7. The number of carbonyl (C=O) groups is 2. The third kappa shape index (κ3) is 7.03. The van der Waals surface area contributed by atoms with E-state index in [1.165, 1.54) is 36.4 Å². The molecule has 8 nitrogen and oxygen atoms in total. The Morgan fingerprint density at radius 2 is 1.53 bits per heavy atom. The lowest BCUT2D eigenvalue weighted by molar-refractivity contribution is 0.0954. The lowest BCUT2D eigenvalue weighted by atomic mass is 10.1. The summed E-state index contributed by atoms with van der Waals surface area (Å²) in [7, 11) is -4.00. The molecule has 3 amide bonds. The highest BCUT2D eigenvalue weighted by atomic mass is 32.2. The zero-order valence-corrected chi connectivity index (χ0v) is 18.5. The number of hydrogen-bond acceptors (Lipinski definition) is 5. The fourth-order valence-electron chi connectivity index (χ4n) is 3.39. The topological polar surface area (TPSA) is 108 Å². The molecular weight excluding hydrogens is 435 g/mol. The first-order valence-corrected chi connectivity index (χ1v) is 12.0. The molecule has 10 heteroatoms. The van der Waals surface area contributed by atoms with Crippen molar-refractivity contribution in [3.63, 3.8) is 0 Å². The molecule has 1 heterocycles. The second-order valence-corrected chi connectivity index (χ2v) is 9.29. The van der Waals surface area contributed by atoms with Crippen molar-refractivity contribution in [2.45, 2.75) is 37.0 Å². The van der Waals surface area contributed by atoms with Crippen molar-refractivity contribution in [1.82, 2.24) is 20.5 Å². The number of nitrogens with zero attached hydrogens (tertiary/aromatic N) is 1. The highest BCUT2D eigenvalue weighted by Gasteiger charge is 2.19. The van der Waals surface area contributed by atoms with Gasteiger partial charge in [-0.1, -0.05) is 25.0 Å². The van der Waals surface area contributed by atoms with E-state index in [1.54, 1.807) is 17.1 Å². The van der Waals surface area contributed by atoms with Crippen molar-refractivity contribution in [3.8, 4) is 0 Å². The summed E-state index contributed by atoms with van der Waals surface area (Å²) in [5, 5.41) is 4.47. The Labute approximate surface area is 187 Å². The van der Waals surface area contributed by atoms with E-state index in [1.807, 2.05) is 4.72 Å². The van der Waals surface area contributed by atoms with Crippen LogP contribution in [-0.4, -0.2) is 45.0 Å². The summed E-state index contributed by atoms with van der Waals surface area (Å²) in [5.74, 6) is -0.727. The van der Waals surface area contributed by atoms with Gasteiger partial charge in [-0.25, -0.2) is 27.3 Å². The first-order chi connectivity index (χ1) is 15.3. The normalized spacial score (nSPS) is 14.9. The zero-order chi connectivity index (χ0) is 23.0. The van der Waals surface area contributed by atoms with Crippen LogP contribution < -0.4 is 15.5 Å². The van der Waals surface area contributed by atoms with Gasteiger partial charge in [-0.2, -0.15) is 0 Å². The van der Waals surface area contributed by atoms with Gasteiger partial charge in [-0.05, 0) is 61.2 Å². The minimum Gasteiger partial charge on any atom is -0.352 e. The summed E-state index contributed by atoms with van der Waals surface area (Å²) in [5.41, 5.74) is 3.77. The monoisotopic (exact) mass is 462 g/mol. The van der Waals surface area contributed by atoms with E-state index in [4.69, 9.17) is 0 Å². The summed E-state index contributed by atoms with van der Waals surface area (Å²) in [6.45, 7) is 1.72. The third-order valence-corrected chi connectivity index (χ3v) is 6.48. The summed E-state index contributed by atoms with van der Waals surface area (Å²) < 4.78 is 39.9. The Hall–Kier alpha value is -2.98. The molecule has 2 aromatic carbocycles. The van der Waals surface area contributed by atoms with Crippen molar-refractivity contribution in [2.24, 2.45) is 0 Å². The van der Waals surface area contributed by atoms with Gasteiger partial charge in [0.05, 0.1) is 4.90 Å². The van der Waals surface area contributed by atoms with Crippen LogP contribution in [-0.2, 0) is 16.4 Å². The van der Waals surface area contributed by atoms with Gasteiger partial charge in [0.2, 0.25) is 0 Å². The van der Waals surface area contributed by atoms with Gasteiger partial charge < -0.3 is 5.32 Å². The standard InChI is InChI=1S/C22H27FN4O4S/c23-19-9-7-18(8-10-19)21(28)24-14-13-17-5-11-20(12-6-17)32(30,31)26-22(29)25-27-15-3-1-2-4-16-27/h5-12H,1-4,13-16H2,(H,24,28)(H2,25,26,29). The Bertz CT molecular complexity index is 1020. The maximum absolute atomic E-state index is 12.9. The Morgan fingerprint density at radius 3 is 2.16 bits per heavy atom. The largest absolute Gasteiger partial charge is 0.352 e. The molecule has 0 unspecified atom stereocenters. The molecule has 1 fully saturated rings. The molecule has 0 aliphatic carbocycles. The third-order valence-electron chi connectivity index (χ3n) is 5.13. The summed E-state index contributed by atoms with van der Waals surface area (Å²) in [6.07, 6.45) is 4.59. The van der Waals surface area contributed by atoms with Crippen LogP contribution in [0, 0.1) is 5.82 Å². The second-order valence-electron chi connectivity index (χ2n) is 7.60. The van der Waals surface area contributed by atoms with Crippen LogP contribution in [0.5, 0.6) is 0 Å². The molecule has 2 aromatic rings. The molecule has 3 rings (SSSR count). The molecule has 1 aliphatic heterocycles. The smallest absolute Gasteiger partial charge is 0.343 e. The van der Waals surface area contributed by atoms with Crippen LogP contribution >= 0.6 is 0 Å². The van der Waals surface area contributed by atoms with Crippen molar-refractivity contribution in [3.05, 3.63) is 65.5 Å². The molecule has 1 aliphatic rings. The minimum atomic E-state index is -4.00. The molecule has 0 saturated carbocycles. The van der Waals surface area contributed by atoms with Crippen LogP contribution in [0.25, 0.3) is 0 Å². The lowest BCUT2D eigenvalue weighted by Gasteiger charge is -2.20. The average molecular weight is 463 g/mol. The van der Waals surface area contributed by atoms with Gasteiger partial charge in [-0.3, -0.25) is 10.2 Å². The number of amides is 3. The molecule has 0 radical (unpaired) electrons. The predicted octanol–water partition coefficient (Wildman–Crippen LogP) is 2.58. The lowest BCUT2D eigenvalue weighted by Crippen LogP contribution is -2.49. The van der Waals surface area contributed by atoms with E-state index >= 15 is 0 Å². The van der Waals surface area contributed by atoms with E-state index in [0.717, 1.165) is 31.2 Å². The molecule has 3 N–H and O–H groups in total. The summed E-state index contributed by atoms with van der Waals surface area (Å²) in [4.78, 5) is 24.1. The number of urea groups is 1. The number of sulfonamides is 1. The van der Waals surface area contributed by atoms with Gasteiger partial charge in [0, 0.05) is 25.2 Å². The number of carbonyl (C=O) groups excluding carboxylic acids is 2. The molecule has 172 valence electrons. The maximum atomic E-state index is 12.9. The SMILES string of the molecule is O=C(NN1CCCCCC1)NS(=O)(=O)c1ccc(CCNC(=O)c2ccc(F)cc2)cc1. The highest BCUT2D eigenvalue weighted by Crippen LogP contribution is 2.12. The van der Waals surface area contributed by atoms with Crippen molar-refractivity contribution in [1.29, 1.82) is 0 Å². The molecule has 1 saturated heterocycles. The number of hydrazine groups is 1. The van der Waals surface area contributed by atoms with Crippen LogP contribution in [0.3, 0.4) is 0 Å². The van der Waals surface area contributed by atoms with Crippen LogP contribution in [0.1, 0.15) is 41.6 Å². The van der Waals surface area contributed by atoms with Gasteiger partial charge in [0.1, 0.15) is 5.82 Å². The van der Waals surface area contributed by atoms with Gasteiger partial charge in [-0.15, -0.1) is 0 Å². The molecule has 0 bridgehead atoms. The van der Waals surface area contributed by atoms with E-state index in [-0.39, 0.29) is 10.8 Å². The van der Waals surface area contributed by atoms with Crippen LogP contribution in [0.15, 0.2) is 53.4 Å². The number of halogens is 1. The Kier molecular flexibility index (Phi) is 8.18. The van der Waals surface area contributed by atoms with E-state index in [9.17, 15) is 22.4 Å². The second kappa shape index (κ2) is 11.1. The van der Waals surface area contributed by atoms with Gasteiger partial charge >= 0.3 is 6.03 Å². The fraction of sp³-hybridized carbons (Fsp3) is 0.364. The first-order valence-electron chi connectivity index (χ1n) is 10.5. The van der Waals surface area contributed by atoms with Crippen molar-refractivity contribution in [2.75, 3.05) is 19.6 Å². The minimum absolute atomic E-state index is 0.0254. The van der Waals surface area contributed by atoms with Gasteiger partial charge in [0.15, 0.2) is 0 Å². The van der Waals surface area contributed by atoms with Crippen molar-refractivity contribution >= 4 is 22.0 Å². The average Bonchev–Trinajstić information content (AvgIpc) is 3.02. The molecule has 0 spiro atoms. The molecule has 0 atom stereocenters. The molecule has 0 aromatic heterocycles. The summed E-state index contributed by atoms with van der Waals surface area (Å²) >= 11 is 0. The highest BCUT2D eigenvalue weighted by molar-refractivity contribution is 7.90. The Morgan fingerprint density at radius 1 is 0.906 bits per heavy atom. The summed E-state index contributed by atoms with van der Waals surface area (Å²) in [6, 6.07) is 10.6. The van der Waals surface area contributed by atoms with Crippen LogP contribution in [0.4, 0.5) is 9.18 Å². The Balaban J connectivity index is 1.48. The van der Waals surface area contributed by atoms with Crippen molar-refractivity contribution < 1.29 is 22.4 Å². The van der Waals surface area contributed by atoms with E-state index < -0.39 is 21.9 Å². The molecule has 32 heavy (non-hydrogen) atoms. The van der Waals surface area contributed by atoms with Gasteiger partial charge in [0.25, 0.3) is 15.9 Å². The van der Waals surface area contributed by atoms with E-state index in [2.05, 4.69) is 10.7 Å².